The predicted molar refractivity (Wildman–Crippen MR) is 67.5 cm³/mol. The highest BCUT2D eigenvalue weighted by atomic mass is 32.2. The van der Waals surface area contributed by atoms with E-state index in [1.165, 1.54) is 18.3 Å². The molecule has 1 N–H and O–H groups in total. The standard InChI is InChI=1S/C10H11N3O4S2/c1-5-4-18-6(2)8(5)19(15,16)13-10(14)9-11-7(3)17-12-9/h4H,1-3H3,(H,13,14). The molecule has 0 aliphatic rings. The average molecular weight is 301 g/mol. The maximum atomic E-state index is 12.1. The quantitative estimate of drug-likeness (QED) is 0.913. The summed E-state index contributed by atoms with van der Waals surface area (Å²) in [6.45, 7) is 4.85. The van der Waals surface area contributed by atoms with Crippen LogP contribution in [0.1, 0.15) is 27.0 Å². The molecule has 19 heavy (non-hydrogen) atoms. The Hall–Kier alpha value is -1.74. The van der Waals surface area contributed by atoms with Gasteiger partial charge in [-0.3, -0.25) is 4.79 Å². The Bertz CT molecular complexity index is 710. The fourth-order valence-electron chi connectivity index (χ4n) is 1.57. The zero-order chi connectivity index (χ0) is 14.2. The Labute approximate surface area is 113 Å². The molecule has 0 fully saturated rings. The number of rotatable bonds is 3. The van der Waals surface area contributed by atoms with Crippen molar-refractivity contribution in [3.8, 4) is 0 Å². The van der Waals surface area contributed by atoms with Crippen LogP contribution in [0.15, 0.2) is 14.8 Å². The summed E-state index contributed by atoms with van der Waals surface area (Å²) in [6, 6.07) is 0. The van der Waals surface area contributed by atoms with Crippen LogP contribution in [0.3, 0.4) is 0 Å². The highest BCUT2D eigenvalue weighted by Gasteiger charge is 2.25. The third kappa shape index (κ3) is 2.66. The molecule has 2 rings (SSSR count). The molecule has 0 unspecified atom stereocenters. The van der Waals surface area contributed by atoms with Crippen LogP contribution in [0.4, 0.5) is 0 Å². The first-order chi connectivity index (χ1) is 8.81. The lowest BCUT2D eigenvalue weighted by Gasteiger charge is -2.05. The fraction of sp³-hybridized carbons (Fsp3) is 0.300. The molecule has 1 amide bonds. The van der Waals surface area contributed by atoms with Crippen molar-refractivity contribution >= 4 is 27.3 Å². The van der Waals surface area contributed by atoms with E-state index in [4.69, 9.17) is 0 Å². The van der Waals surface area contributed by atoms with Crippen molar-refractivity contribution in [1.29, 1.82) is 0 Å². The van der Waals surface area contributed by atoms with Gasteiger partial charge in [-0.2, -0.15) is 4.98 Å². The van der Waals surface area contributed by atoms with Crippen LogP contribution in [0.2, 0.25) is 0 Å². The summed E-state index contributed by atoms with van der Waals surface area (Å²) in [7, 11) is -3.93. The van der Waals surface area contributed by atoms with Crippen molar-refractivity contribution in [3.63, 3.8) is 0 Å². The van der Waals surface area contributed by atoms with E-state index in [2.05, 4.69) is 14.7 Å². The number of hydrogen-bond donors (Lipinski definition) is 1. The first-order valence-corrected chi connectivity index (χ1v) is 7.59. The second-order valence-corrected chi connectivity index (χ2v) is 6.58. The van der Waals surface area contributed by atoms with Crippen LogP contribution in [0, 0.1) is 20.8 Å². The molecule has 0 aliphatic heterocycles. The minimum Gasteiger partial charge on any atom is -0.339 e. The van der Waals surface area contributed by atoms with Gasteiger partial charge in [0, 0.05) is 11.8 Å². The molecule has 7 nitrogen and oxygen atoms in total. The minimum atomic E-state index is -3.93. The largest absolute Gasteiger partial charge is 0.339 e. The summed E-state index contributed by atoms with van der Waals surface area (Å²) in [5.41, 5.74) is 0.590. The van der Waals surface area contributed by atoms with Gasteiger partial charge in [-0.1, -0.05) is 5.16 Å². The van der Waals surface area contributed by atoms with Crippen LogP contribution in [-0.2, 0) is 10.0 Å². The van der Waals surface area contributed by atoms with Gasteiger partial charge >= 0.3 is 5.91 Å². The van der Waals surface area contributed by atoms with Gasteiger partial charge in [-0.15, -0.1) is 11.3 Å². The van der Waals surface area contributed by atoms with Crippen LogP contribution < -0.4 is 4.72 Å². The molecule has 0 radical (unpaired) electrons. The Balaban J connectivity index is 2.30. The van der Waals surface area contributed by atoms with Crippen molar-refractivity contribution in [2.75, 3.05) is 0 Å². The van der Waals surface area contributed by atoms with Gasteiger partial charge in [-0.05, 0) is 24.8 Å². The smallest absolute Gasteiger partial charge is 0.306 e. The second-order valence-electron chi connectivity index (χ2n) is 3.88. The second kappa shape index (κ2) is 4.74. The van der Waals surface area contributed by atoms with Gasteiger partial charge in [0.15, 0.2) is 0 Å². The number of thiophene rings is 1. The highest BCUT2D eigenvalue weighted by Crippen LogP contribution is 2.25. The van der Waals surface area contributed by atoms with Crippen molar-refractivity contribution in [2.45, 2.75) is 25.7 Å². The van der Waals surface area contributed by atoms with Crippen molar-refractivity contribution < 1.29 is 17.7 Å². The van der Waals surface area contributed by atoms with Crippen LogP contribution in [0.5, 0.6) is 0 Å². The number of carbonyl (C=O) groups is 1. The number of nitrogens with zero attached hydrogens (tertiary/aromatic N) is 2. The molecular weight excluding hydrogens is 290 g/mol. The number of sulfonamides is 1. The molecular formula is C10H11N3O4S2. The molecule has 0 aliphatic carbocycles. The van der Waals surface area contributed by atoms with Crippen LogP contribution in [0.25, 0.3) is 0 Å². The lowest BCUT2D eigenvalue weighted by atomic mass is 10.3. The Morgan fingerprint density at radius 3 is 2.53 bits per heavy atom. The van der Waals surface area contributed by atoms with E-state index >= 15 is 0 Å². The monoisotopic (exact) mass is 301 g/mol. The first kappa shape index (κ1) is 13.7. The van der Waals surface area contributed by atoms with E-state index in [1.807, 2.05) is 4.72 Å². The number of hydrogen-bond acceptors (Lipinski definition) is 7. The van der Waals surface area contributed by atoms with Crippen LogP contribution in [-0.4, -0.2) is 24.5 Å². The molecule has 0 atom stereocenters. The van der Waals surface area contributed by atoms with Gasteiger partial charge in [0.25, 0.3) is 15.8 Å². The molecule has 0 aromatic carbocycles. The van der Waals surface area contributed by atoms with E-state index in [-0.39, 0.29) is 16.6 Å². The van der Waals surface area contributed by atoms with Crippen molar-refractivity contribution in [2.24, 2.45) is 0 Å². The topological polar surface area (TPSA) is 102 Å². The molecule has 0 saturated carbocycles. The Morgan fingerprint density at radius 1 is 1.37 bits per heavy atom. The lowest BCUT2D eigenvalue weighted by Crippen LogP contribution is -2.31. The number of aryl methyl sites for hydroxylation is 3. The highest BCUT2D eigenvalue weighted by molar-refractivity contribution is 7.90. The zero-order valence-corrected chi connectivity index (χ0v) is 12.1. The summed E-state index contributed by atoms with van der Waals surface area (Å²) in [5, 5.41) is 5.08. The summed E-state index contributed by atoms with van der Waals surface area (Å²) < 4.78 is 30.8. The summed E-state index contributed by atoms with van der Waals surface area (Å²) >= 11 is 1.30. The van der Waals surface area contributed by atoms with Gasteiger partial charge in [0.05, 0.1) is 0 Å². The van der Waals surface area contributed by atoms with E-state index < -0.39 is 15.9 Å². The predicted octanol–water partition coefficient (Wildman–Crippen LogP) is 1.18. The fourth-order valence-corrected chi connectivity index (χ4v) is 4.16. The van der Waals surface area contributed by atoms with Gasteiger partial charge < -0.3 is 4.52 Å². The van der Waals surface area contributed by atoms with Gasteiger partial charge in [0.1, 0.15) is 4.90 Å². The van der Waals surface area contributed by atoms with Crippen molar-refractivity contribution in [3.05, 3.63) is 27.5 Å². The molecule has 102 valence electrons. The molecule has 2 heterocycles. The van der Waals surface area contributed by atoms with E-state index in [0.29, 0.717) is 10.4 Å². The van der Waals surface area contributed by atoms with E-state index in [1.54, 1.807) is 19.2 Å². The Morgan fingerprint density at radius 2 is 2.05 bits per heavy atom. The van der Waals surface area contributed by atoms with Crippen LogP contribution >= 0.6 is 11.3 Å². The normalized spacial score (nSPS) is 11.5. The molecule has 0 spiro atoms. The van der Waals surface area contributed by atoms with Crippen molar-refractivity contribution in [1.82, 2.24) is 14.9 Å². The molecule has 0 bridgehead atoms. The number of aromatic nitrogens is 2. The number of amides is 1. The molecule has 9 heteroatoms. The van der Waals surface area contributed by atoms with Gasteiger partial charge in [0.2, 0.25) is 5.89 Å². The lowest BCUT2D eigenvalue weighted by molar-refractivity contribution is 0.0968. The number of nitrogens with one attached hydrogen (secondary N) is 1. The summed E-state index contributed by atoms with van der Waals surface area (Å²) in [5.74, 6) is -1.04. The first-order valence-electron chi connectivity index (χ1n) is 5.23. The third-order valence-corrected chi connectivity index (χ3v) is 5.09. The van der Waals surface area contributed by atoms with Gasteiger partial charge in [-0.25, -0.2) is 13.1 Å². The third-order valence-electron chi connectivity index (χ3n) is 2.32. The minimum absolute atomic E-state index is 0.117. The summed E-state index contributed by atoms with van der Waals surface area (Å²) in [6.07, 6.45) is 0. The SMILES string of the molecule is Cc1nc(C(=O)NS(=O)(=O)c2c(C)csc2C)no1. The maximum absolute atomic E-state index is 12.1. The van der Waals surface area contributed by atoms with E-state index in [0.717, 1.165) is 0 Å². The summed E-state index contributed by atoms with van der Waals surface area (Å²) in [4.78, 5) is 16.1. The molecule has 2 aromatic heterocycles. The Kier molecular flexibility index (Phi) is 3.42. The maximum Gasteiger partial charge on any atom is 0.306 e. The zero-order valence-electron chi connectivity index (χ0n) is 10.4. The molecule has 0 saturated heterocycles. The van der Waals surface area contributed by atoms with E-state index in [9.17, 15) is 13.2 Å². The average Bonchev–Trinajstić information content (AvgIpc) is 2.85. The molecule has 2 aromatic rings. The number of carbonyl (C=O) groups excluding carboxylic acids is 1.